The van der Waals surface area contributed by atoms with Gasteiger partial charge in [0, 0.05) is 4.90 Å². The highest BCUT2D eigenvalue weighted by molar-refractivity contribution is 7.80. The molecule has 0 aliphatic carbocycles. The summed E-state index contributed by atoms with van der Waals surface area (Å²) in [4.78, 5) is 1.03. The minimum Gasteiger partial charge on any atom is -0.143 e. The molecule has 0 radical (unpaired) electrons. The molecule has 0 fully saturated rings. The fourth-order valence-corrected chi connectivity index (χ4v) is 2.54. The number of aryl methyl sites for hydroxylation is 2. The minimum atomic E-state index is 0.357. The van der Waals surface area contributed by atoms with Gasteiger partial charge in [0.05, 0.1) is 0 Å². The molecule has 0 unspecified atom stereocenters. The molecule has 0 N–H and O–H groups in total. The lowest BCUT2D eigenvalue weighted by atomic mass is 9.88. The van der Waals surface area contributed by atoms with Gasteiger partial charge in [-0.3, -0.25) is 0 Å². The predicted molar refractivity (Wildman–Crippen MR) is 90.7 cm³/mol. The van der Waals surface area contributed by atoms with Crippen molar-refractivity contribution in [3.05, 3.63) is 65.2 Å². The summed E-state index contributed by atoms with van der Waals surface area (Å²) in [7, 11) is 0. The Kier molecular flexibility index (Phi) is 4.93. The van der Waals surface area contributed by atoms with Crippen LogP contribution in [0.2, 0.25) is 0 Å². The van der Waals surface area contributed by atoms with Gasteiger partial charge in [-0.2, -0.15) is 0 Å². The Labute approximate surface area is 128 Å². The Balaban J connectivity index is 1.92. The van der Waals surface area contributed by atoms with Gasteiger partial charge in [0.2, 0.25) is 0 Å². The summed E-state index contributed by atoms with van der Waals surface area (Å²) in [5.74, 6) is 0. The predicted octanol–water partition coefficient (Wildman–Crippen LogP) is 5.35. The van der Waals surface area contributed by atoms with Gasteiger partial charge in [0.25, 0.3) is 0 Å². The van der Waals surface area contributed by atoms with E-state index >= 15 is 0 Å². The smallest absolute Gasteiger partial charge is 0.00401 e. The quantitative estimate of drug-likeness (QED) is 0.719. The van der Waals surface area contributed by atoms with Crippen molar-refractivity contribution in [2.45, 2.75) is 44.9 Å². The molecule has 0 heterocycles. The lowest BCUT2D eigenvalue weighted by Crippen LogP contribution is -2.08. The molecular formula is C19H24S. The van der Waals surface area contributed by atoms with Crippen LogP contribution in [0.4, 0.5) is 0 Å². The molecule has 2 rings (SSSR count). The second-order valence-electron chi connectivity index (χ2n) is 6.72. The van der Waals surface area contributed by atoms with Gasteiger partial charge in [-0.05, 0) is 53.5 Å². The number of thiol groups is 1. The van der Waals surface area contributed by atoms with Crippen molar-refractivity contribution in [3.8, 4) is 0 Å². The third-order valence-corrected chi connectivity index (χ3v) is 3.69. The molecule has 2 aromatic rings. The number of benzene rings is 2. The van der Waals surface area contributed by atoms with Gasteiger partial charge >= 0.3 is 0 Å². The fourth-order valence-electron chi connectivity index (χ4n) is 2.39. The first-order valence-electron chi connectivity index (χ1n) is 7.28. The van der Waals surface area contributed by atoms with E-state index in [0.29, 0.717) is 5.41 Å². The van der Waals surface area contributed by atoms with E-state index in [2.05, 4.69) is 81.9 Å². The molecule has 0 saturated carbocycles. The van der Waals surface area contributed by atoms with E-state index < -0.39 is 0 Å². The first-order chi connectivity index (χ1) is 9.42. The molecule has 0 amide bonds. The zero-order valence-electron chi connectivity index (χ0n) is 12.7. The summed E-state index contributed by atoms with van der Waals surface area (Å²) < 4.78 is 0. The van der Waals surface area contributed by atoms with E-state index in [-0.39, 0.29) is 0 Å². The third kappa shape index (κ3) is 5.05. The van der Waals surface area contributed by atoms with Crippen LogP contribution in [0.1, 0.15) is 37.5 Å². The van der Waals surface area contributed by atoms with Gasteiger partial charge in [-0.1, -0.05) is 57.2 Å². The van der Waals surface area contributed by atoms with Crippen molar-refractivity contribution in [2.24, 2.45) is 5.41 Å². The van der Waals surface area contributed by atoms with Gasteiger partial charge in [-0.25, -0.2) is 0 Å². The topological polar surface area (TPSA) is 0 Å². The van der Waals surface area contributed by atoms with E-state index in [4.69, 9.17) is 0 Å². The van der Waals surface area contributed by atoms with Crippen molar-refractivity contribution >= 4 is 12.6 Å². The molecule has 0 atom stereocenters. The van der Waals surface area contributed by atoms with Crippen molar-refractivity contribution < 1.29 is 0 Å². The number of rotatable bonds is 4. The molecule has 0 saturated heterocycles. The van der Waals surface area contributed by atoms with Gasteiger partial charge in [0.15, 0.2) is 0 Å². The van der Waals surface area contributed by atoms with Crippen LogP contribution in [0.3, 0.4) is 0 Å². The van der Waals surface area contributed by atoms with E-state index in [0.717, 1.165) is 24.2 Å². The number of hydrogen-bond acceptors (Lipinski definition) is 1. The SMILES string of the molecule is CC(C)(C)Cc1ccc(CCc2ccc(S)cc2)cc1. The van der Waals surface area contributed by atoms with Crippen LogP contribution < -0.4 is 0 Å². The summed E-state index contributed by atoms with van der Waals surface area (Å²) in [6, 6.07) is 17.5. The molecular weight excluding hydrogens is 260 g/mol. The lowest BCUT2D eigenvalue weighted by molar-refractivity contribution is 0.411. The molecule has 0 spiro atoms. The van der Waals surface area contributed by atoms with Crippen LogP contribution in [0.15, 0.2) is 53.4 Å². The number of hydrogen-bond donors (Lipinski definition) is 1. The van der Waals surface area contributed by atoms with Crippen molar-refractivity contribution in [1.82, 2.24) is 0 Å². The molecule has 106 valence electrons. The highest BCUT2D eigenvalue weighted by Gasteiger charge is 2.10. The summed E-state index contributed by atoms with van der Waals surface area (Å²) in [6.45, 7) is 6.85. The Morgan fingerprint density at radius 1 is 0.700 bits per heavy atom. The Morgan fingerprint density at radius 3 is 1.55 bits per heavy atom. The summed E-state index contributed by atoms with van der Waals surface area (Å²) >= 11 is 4.31. The molecule has 0 bridgehead atoms. The monoisotopic (exact) mass is 284 g/mol. The standard InChI is InChI=1S/C19H24S/c1-19(2,3)14-17-8-6-15(7-9-17)4-5-16-10-12-18(20)13-11-16/h6-13,20H,4-5,14H2,1-3H3. The summed E-state index contributed by atoms with van der Waals surface area (Å²) in [6.07, 6.45) is 3.32. The summed E-state index contributed by atoms with van der Waals surface area (Å²) in [5, 5.41) is 0. The zero-order chi connectivity index (χ0) is 14.6. The zero-order valence-corrected chi connectivity index (χ0v) is 13.6. The normalized spacial score (nSPS) is 11.6. The fraction of sp³-hybridized carbons (Fsp3) is 0.368. The van der Waals surface area contributed by atoms with E-state index in [1.807, 2.05) is 0 Å². The molecule has 0 aliphatic rings. The van der Waals surface area contributed by atoms with Crippen LogP contribution in [0.5, 0.6) is 0 Å². The second-order valence-corrected chi connectivity index (χ2v) is 7.24. The highest BCUT2D eigenvalue weighted by atomic mass is 32.1. The molecule has 0 aromatic heterocycles. The highest BCUT2D eigenvalue weighted by Crippen LogP contribution is 2.21. The first-order valence-corrected chi connectivity index (χ1v) is 7.73. The van der Waals surface area contributed by atoms with Crippen molar-refractivity contribution in [1.29, 1.82) is 0 Å². The minimum absolute atomic E-state index is 0.357. The second kappa shape index (κ2) is 6.49. The maximum atomic E-state index is 4.31. The average molecular weight is 284 g/mol. The largest absolute Gasteiger partial charge is 0.143 e. The van der Waals surface area contributed by atoms with Crippen LogP contribution in [-0.2, 0) is 19.3 Å². The third-order valence-electron chi connectivity index (χ3n) is 3.40. The van der Waals surface area contributed by atoms with Gasteiger partial charge in [0.1, 0.15) is 0 Å². The molecule has 0 nitrogen and oxygen atoms in total. The maximum absolute atomic E-state index is 4.31. The Hall–Kier alpha value is -1.21. The van der Waals surface area contributed by atoms with E-state index in [1.165, 1.54) is 16.7 Å². The molecule has 0 aliphatic heterocycles. The molecule has 20 heavy (non-hydrogen) atoms. The Morgan fingerprint density at radius 2 is 1.10 bits per heavy atom. The van der Waals surface area contributed by atoms with Crippen molar-refractivity contribution in [3.63, 3.8) is 0 Å². The Bertz CT molecular complexity index is 529. The van der Waals surface area contributed by atoms with Gasteiger partial charge in [-0.15, -0.1) is 12.6 Å². The molecule has 1 heteroatoms. The van der Waals surface area contributed by atoms with Gasteiger partial charge < -0.3 is 0 Å². The first kappa shape index (κ1) is 15.2. The molecule has 2 aromatic carbocycles. The van der Waals surface area contributed by atoms with Crippen molar-refractivity contribution in [2.75, 3.05) is 0 Å². The van der Waals surface area contributed by atoms with E-state index in [1.54, 1.807) is 0 Å². The lowest BCUT2D eigenvalue weighted by Gasteiger charge is -2.18. The van der Waals surface area contributed by atoms with E-state index in [9.17, 15) is 0 Å². The van der Waals surface area contributed by atoms with Crippen LogP contribution in [0.25, 0.3) is 0 Å². The van der Waals surface area contributed by atoms with Crippen LogP contribution >= 0.6 is 12.6 Å². The summed E-state index contributed by atoms with van der Waals surface area (Å²) in [5.41, 5.74) is 4.58. The van der Waals surface area contributed by atoms with Crippen LogP contribution in [0, 0.1) is 5.41 Å². The maximum Gasteiger partial charge on any atom is 0.00401 e. The van der Waals surface area contributed by atoms with Crippen LogP contribution in [-0.4, -0.2) is 0 Å². The average Bonchev–Trinajstić information content (AvgIpc) is 2.38.